The summed E-state index contributed by atoms with van der Waals surface area (Å²) in [6.07, 6.45) is 0. The molecule has 0 aliphatic heterocycles. The van der Waals surface area contributed by atoms with Crippen molar-refractivity contribution in [2.45, 2.75) is 0 Å². The molecule has 0 bridgehead atoms. The quantitative estimate of drug-likeness (QED) is 0.440. The molecule has 0 saturated heterocycles. The molecule has 2 rings (SSSR count). The summed E-state index contributed by atoms with van der Waals surface area (Å²) >= 11 is 9.11. The molecule has 1 heterocycles. The van der Waals surface area contributed by atoms with Crippen LogP contribution in [0.3, 0.4) is 0 Å². The molecule has 1 aromatic carbocycles. The molecule has 0 radical (unpaired) electrons. The number of hydrazine groups is 1. The Bertz CT molecular complexity index is 744. The number of nitriles is 1. The third-order valence-electron chi connectivity index (χ3n) is 2.55. The number of nitrogen functional groups attached to an aromatic ring is 1. The number of carbonyl (C=O) groups excluding carboxylic acids is 1. The summed E-state index contributed by atoms with van der Waals surface area (Å²) in [5.41, 5.74) is 3.66. The number of hydrogen-bond acceptors (Lipinski definition) is 5. The minimum atomic E-state index is -0.374. The van der Waals surface area contributed by atoms with E-state index in [1.807, 2.05) is 6.07 Å². The van der Waals surface area contributed by atoms with E-state index >= 15 is 0 Å². The first-order chi connectivity index (χ1) is 10.0. The molecule has 0 aliphatic carbocycles. The first-order valence-electron chi connectivity index (χ1n) is 5.68. The van der Waals surface area contributed by atoms with Crippen molar-refractivity contribution in [1.82, 2.24) is 4.98 Å². The lowest BCUT2D eigenvalue weighted by Crippen LogP contribution is -2.15. The Labute approximate surface area is 134 Å². The zero-order valence-electron chi connectivity index (χ0n) is 10.5. The summed E-state index contributed by atoms with van der Waals surface area (Å²) in [5, 5.41) is 11.7. The van der Waals surface area contributed by atoms with Crippen LogP contribution in [0.5, 0.6) is 0 Å². The van der Waals surface area contributed by atoms with Gasteiger partial charge in [0, 0.05) is 10.0 Å². The van der Waals surface area contributed by atoms with Gasteiger partial charge in [-0.05, 0) is 46.3 Å². The van der Waals surface area contributed by atoms with Crippen molar-refractivity contribution >= 4 is 44.9 Å². The number of halogens is 2. The van der Waals surface area contributed by atoms with Crippen LogP contribution in [0.25, 0.3) is 0 Å². The first-order valence-corrected chi connectivity index (χ1v) is 6.86. The molecular weight excluding hydrogens is 358 g/mol. The van der Waals surface area contributed by atoms with Gasteiger partial charge < -0.3 is 10.7 Å². The molecule has 0 saturated carbocycles. The van der Waals surface area contributed by atoms with Gasteiger partial charge in [0.2, 0.25) is 0 Å². The summed E-state index contributed by atoms with van der Waals surface area (Å²) in [6.45, 7) is 0. The Morgan fingerprint density at radius 3 is 2.76 bits per heavy atom. The van der Waals surface area contributed by atoms with E-state index in [1.165, 1.54) is 12.1 Å². The maximum absolute atomic E-state index is 12.2. The van der Waals surface area contributed by atoms with Crippen LogP contribution in [0.15, 0.2) is 34.8 Å². The van der Waals surface area contributed by atoms with Gasteiger partial charge in [0.15, 0.2) is 0 Å². The number of carbonyl (C=O) groups is 1. The predicted molar refractivity (Wildman–Crippen MR) is 83.9 cm³/mol. The number of nitrogens with two attached hydrogens (primary N) is 1. The fourth-order valence-electron chi connectivity index (χ4n) is 1.58. The Balaban J connectivity index is 2.26. The molecule has 0 atom stereocenters. The highest BCUT2D eigenvalue weighted by atomic mass is 79.9. The first kappa shape index (κ1) is 15.3. The molecule has 21 heavy (non-hydrogen) atoms. The number of nitrogens with one attached hydrogen (secondary N) is 2. The third kappa shape index (κ3) is 3.70. The van der Waals surface area contributed by atoms with Crippen LogP contribution in [0, 0.1) is 11.3 Å². The zero-order chi connectivity index (χ0) is 15.4. The van der Waals surface area contributed by atoms with Gasteiger partial charge in [-0.15, -0.1) is 0 Å². The second-order valence-electron chi connectivity index (χ2n) is 3.97. The number of benzene rings is 1. The fraction of sp³-hybridized carbons (Fsp3) is 0. The molecular formula is C13H9BrClN5O. The Morgan fingerprint density at radius 1 is 1.38 bits per heavy atom. The molecule has 8 heteroatoms. The van der Waals surface area contributed by atoms with E-state index < -0.39 is 0 Å². The number of pyridine rings is 1. The smallest absolute Gasteiger partial charge is 0.255 e. The SMILES string of the molecule is N#Cc1ccc(NC(=O)c2cc(Cl)nc(NN)c2)c(Br)c1. The van der Waals surface area contributed by atoms with Gasteiger partial charge >= 0.3 is 0 Å². The highest BCUT2D eigenvalue weighted by Gasteiger charge is 2.11. The van der Waals surface area contributed by atoms with E-state index in [9.17, 15) is 4.79 Å². The van der Waals surface area contributed by atoms with E-state index in [1.54, 1.807) is 18.2 Å². The summed E-state index contributed by atoms with van der Waals surface area (Å²) in [4.78, 5) is 16.1. The van der Waals surface area contributed by atoms with Gasteiger partial charge in [0.25, 0.3) is 5.91 Å². The highest BCUT2D eigenvalue weighted by molar-refractivity contribution is 9.10. The van der Waals surface area contributed by atoms with Crippen LogP contribution in [0.2, 0.25) is 5.15 Å². The van der Waals surface area contributed by atoms with E-state index in [0.717, 1.165) is 0 Å². The lowest BCUT2D eigenvalue weighted by Gasteiger charge is -2.09. The van der Waals surface area contributed by atoms with Crippen molar-refractivity contribution in [2.75, 3.05) is 10.7 Å². The van der Waals surface area contributed by atoms with Crippen molar-refractivity contribution in [2.24, 2.45) is 5.84 Å². The van der Waals surface area contributed by atoms with Gasteiger partial charge in [-0.1, -0.05) is 11.6 Å². The molecule has 6 nitrogen and oxygen atoms in total. The van der Waals surface area contributed by atoms with Crippen LogP contribution in [0.1, 0.15) is 15.9 Å². The van der Waals surface area contributed by atoms with Gasteiger partial charge in [0.05, 0.1) is 17.3 Å². The average Bonchev–Trinajstić information content (AvgIpc) is 2.48. The molecule has 0 fully saturated rings. The monoisotopic (exact) mass is 365 g/mol. The van der Waals surface area contributed by atoms with Crippen molar-refractivity contribution in [3.63, 3.8) is 0 Å². The van der Waals surface area contributed by atoms with Crippen molar-refractivity contribution in [3.8, 4) is 6.07 Å². The van der Waals surface area contributed by atoms with E-state index in [2.05, 4.69) is 31.7 Å². The summed E-state index contributed by atoms with van der Waals surface area (Å²) in [7, 11) is 0. The van der Waals surface area contributed by atoms with Gasteiger partial charge in [-0.25, -0.2) is 10.8 Å². The minimum Gasteiger partial charge on any atom is -0.321 e. The second-order valence-corrected chi connectivity index (χ2v) is 5.21. The molecule has 1 aromatic heterocycles. The van der Waals surface area contributed by atoms with Gasteiger partial charge in [-0.2, -0.15) is 5.26 Å². The molecule has 4 N–H and O–H groups in total. The van der Waals surface area contributed by atoms with Crippen molar-refractivity contribution in [3.05, 3.63) is 51.1 Å². The summed E-state index contributed by atoms with van der Waals surface area (Å²) in [5.74, 6) is 5.17. The fourth-order valence-corrected chi connectivity index (χ4v) is 2.27. The maximum atomic E-state index is 12.2. The number of rotatable bonds is 3. The summed E-state index contributed by atoms with van der Waals surface area (Å²) in [6, 6.07) is 9.76. The van der Waals surface area contributed by atoms with Crippen LogP contribution in [-0.4, -0.2) is 10.9 Å². The van der Waals surface area contributed by atoms with Crippen molar-refractivity contribution in [1.29, 1.82) is 5.26 Å². The Kier molecular flexibility index (Phi) is 4.75. The molecule has 2 aromatic rings. The van der Waals surface area contributed by atoms with Crippen LogP contribution >= 0.6 is 27.5 Å². The van der Waals surface area contributed by atoms with Crippen LogP contribution in [0.4, 0.5) is 11.5 Å². The lowest BCUT2D eigenvalue weighted by molar-refractivity contribution is 0.102. The predicted octanol–water partition coefficient (Wildman–Crippen LogP) is 2.91. The number of amides is 1. The van der Waals surface area contributed by atoms with E-state index in [0.29, 0.717) is 21.3 Å². The van der Waals surface area contributed by atoms with Gasteiger partial charge in [0.1, 0.15) is 11.0 Å². The average molecular weight is 367 g/mol. The number of anilines is 2. The third-order valence-corrected chi connectivity index (χ3v) is 3.40. The molecule has 0 spiro atoms. The topological polar surface area (TPSA) is 104 Å². The van der Waals surface area contributed by atoms with Crippen molar-refractivity contribution < 1.29 is 4.79 Å². The molecule has 0 unspecified atom stereocenters. The minimum absolute atomic E-state index is 0.148. The number of aromatic nitrogens is 1. The van der Waals surface area contributed by atoms with E-state index in [-0.39, 0.29) is 16.9 Å². The molecule has 0 aliphatic rings. The lowest BCUT2D eigenvalue weighted by atomic mass is 10.2. The van der Waals surface area contributed by atoms with Crippen LogP contribution in [-0.2, 0) is 0 Å². The molecule has 106 valence electrons. The standard InChI is InChI=1S/C13H9BrClN5O/c14-9-3-7(6-16)1-2-10(9)18-13(21)8-4-11(15)19-12(5-8)20-17/h1-5H,17H2,(H,18,21)(H,19,20). The van der Waals surface area contributed by atoms with Gasteiger partial charge in [-0.3, -0.25) is 4.79 Å². The zero-order valence-corrected chi connectivity index (χ0v) is 12.9. The number of nitrogens with zero attached hydrogens (tertiary/aromatic N) is 2. The normalized spacial score (nSPS) is 9.81. The maximum Gasteiger partial charge on any atom is 0.255 e. The Morgan fingerprint density at radius 2 is 2.14 bits per heavy atom. The number of hydrogen-bond donors (Lipinski definition) is 3. The highest BCUT2D eigenvalue weighted by Crippen LogP contribution is 2.24. The summed E-state index contributed by atoms with van der Waals surface area (Å²) < 4.78 is 0.604. The largest absolute Gasteiger partial charge is 0.321 e. The Hall–Kier alpha value is -2.14. The second kappa shape index (κ2) is 6.54. The van der Waals surface area contributed by atoms with E-state index in [4.69, 9.17) is 22.7 Å². The van der Waals surface area contributed by atoms with Crippen LogP contribution < -0.4 is 16.6 Å². The molecule has 1 amide bonds.